The Balaban J connectivity index is 3.29. The normalized spacial score (nSPS) is 12.6. The third-order valence-electron chi connectivity index (χ3n) is 1.78. The molecule has 0 fully saturated rings. The van der Waals surface area contributed by atoms with E-state index in [4.69, 9.17) is 28.3 Å². The number of carboxylic acids is 1. The largest absolute Gasteiger partial charge is 0.479 e. The Morgan fingerprint density at radius 3 is 2.41 bits per heavy atom. The Labute approximate surface area is 104 Å². The molecule has 0 aliphatic heterocycles. The maximum Gasteiger partial charge on any atom is 0.387 e. The van der Waals surface area contributed by atoms with E-state index in [-0.39, 0.29) is 10.0 Å². The molecule has 0 aromatic heterocycles. The molecule has 2 N–H and O–H groups in total. The van der Waals surface area contributed by atoms with Crippen molar-refractivity contribution < 1.29 is 28.5 Å². The zero-order valence-corrected chi connectivity index (χ0v) is 9.54. The average molecular weight is 287 g/mol. The van der Waals surface area contributed by atoms with E-state index in [1.54, 1.807) is 0 Å². The number of alkyl halides is 2. The summed E-state index contributed by atoms with van der Waals surface area (Å²) >= 11 is 11.2. The van der Waals surface area contributed by atoms with Gasteiger partial charge in [-0.25, -0.2) is 4.79 Å². The van der Waals surface area contributed by atoms with Gasteiger partial charge in [0, 0.05) is 5.02 Å². The second-order valence-electron chi connectivity index (χ2n) is 2.92. The maximum atomic E-state index is 12.1. The fourth-order valence-corrected chi connectivity index (χ4v) is 1.72. The van der Waals surface area contributed by atoms with Crippen LogP contribution < -0.4 is 4.74 Å². The topological polar surface area (TPSA) is 66.8 Å². The molecule has 0 saturated carbocycles. The number of hydrogen-bond donors (Lipinski definition) is 2. The molecule has 1 rings (SSSR count). The SMILES string of the molecule is O=C(O)[C@H](O)c1c(Cl)cc(Cl)cc1OC(F)F. The zero-order chi connectivity index (χ0) is 13.2. The van der Waals surface area contributed by atoms with Gasteiger partial charge in [-0.2, -0.15) is 8.78 Å². The molecule has 4 nitrogen and oxygen atoms in total. The Kier molecular flexibility index (Phi) is 4.50. The second kappa shape index (κ2) is 5.48. The Hall–Kier alpha value is -1.11. The fraction of sp³-hybridized carbons (Fsp3) is 0.222. The minimum atomic E-state index is -3.19. The number of rotatable bonds is 4. The van der Waals surface area contributed by atoms with Crippen molar-refractivity contribution in [2.45, 2.75) is 12.7 Å². The van der Waals surface area contributed by atoms with E-state index in [0.717, 1.165) is 12.1 Å². The first kappa shape index (κ1) is 14.0. The summed E-state index contributed by atoms with van der Waals surface area (Å²) in [6, 6.07) is 2.06. The van der Waals surface area contributed by atoms with Gasteiger partial charge in [0.2, 0.25) is 0 Å². The van der Waals surface area contributed by atoms with Gasteiger partial charge in [-0.15, -0.1) is 0 Å². The number of aliphatic hydroxyl groups is 1. The number of benzene rings is 1. The van der Waals surface area contributed by atoms with Crippen molar-refractivity contribution in [3.8, 4) is 5.75 Å². The molecule has 0 aliphatic carbocycles. The number of aliphatic carboxylic acids is 1. The minimum absolute atomic E-state index is 0.0213. The lowest BCUT2D eigenvalue weighted by molar-refractivity contribution is -0.147. The van der Waals surface area contributed by atoms with Crippen LogP contribution in [0.1, 0.15) is 11.7 Å². The van der Waals surface area contributed by atoms with Gasteiger partial charge in [-0.1, -0.05) is 23.2 Å². The number of aliphatic hydroxyl groups excluding tert-OH is 1. The molecule has 0 aliphatic rings. The van der Waals surface area contributed by atoms with Gasteiger partial charge in [0.25, 0.3) is 0 Å². The smallest absolute Gasteiger partial charge is 0.387 e. The van der Waals surface area contributed by atoms with Crippen molar-refractivity contribution in [2.75, 3.05) is 0 Å². The lowest BCUT2D eigenvalue weighted by Crippen LogP contribution is -2.14. The first-order valence-electron chi connectivity index (χ1n) is 4.17. The van der Waals surface area contributed by atoms with Crippen LogP contribution in [0.15, 0.2) is 12.1 Å². The molecular weight excluding hydrogens is 281 g/mol. The molecule has 0 bridgehead atoms. The van der Waals surface area contributed by atoms with Gasteiger partial charge < -0.3 is 14.9 Å². The predicted molar refractivity (Wildman–Crippen MR) is 55.7 cm³/mol. The van der Waals surface area contributed by atoms with Crippen LogP contribution in [0.25, 0.3) is 0 Å². The molecule has 0 amide bonds. The third-order valence-corrected chi connectivity index (χ3v) is 2.31. The highest BCUT2D eigenvalue weighted by molar-refractivity contribution is 6.35. The lowest BCUT2D eigenvalue weighted by atomic mass is 10.1. The summed E-state index contributed by atoms with van der Waals surface area (Å²) in [6.45, 7) is -3.19. The quantitative estimate of drug-likeness (QED) is 0.893. The standard InChI is InChI=1S/C9H6Cl2F2O4/c10-3-1-4(11)6(7(14)8(15)16)5(2-3)17-9(12)13/h1-2,7,9,14H,(H,15,16)/t7-/m1/s1. The van der Waals surface area contributed by atoms with Crippen LogP contribution in [0.4, 0.5) is 8.78 Å². The summed E-state index contributed by atoms with van der Waals surface area (Å²) < 4.78 is 28.2. The van der Waals surface area contributed by atoms with E-state index in [1.165, 1.54) is 0 Å². The number of hydrogen-bond acceptors (Lipinski definition) is 3. The Morgan fingerprint density at radius 1 is 1.35 bits per heavy atom. The van der Waals surface area contributed by atoms with Crippen molar-refractivity contribution >= 4 is 29.2 Å². The van der Waals surface area contributed by atoms with Gasteiger partial charge in [0.1, 0.15) is 5.75 Å². The van der Waals surface area contributed by atoms with Gasteiger partial charge >= 0.3 is 12.6 Å². The highest BCUT2D eigenvalue weighted by Crippen LogP contribution is 2.36. The van der Waals surface area contributed by atoms with Gasteiger partial charge in [0.05, 0.1) is 10.6 Å². The molecule has 1 atom stereocenters. The van der Waals surface area contributed by atoms with E-state index in [9.17, 15) is 18.7 Å². The summed E-state index contributed by atoms with van der Waals surface area (Å²) in [7, 11) is 0. The number of ether oxygens (including phenoxy) is 1. The highest BCUT2D eigenvalue weighted by atomic mass is 35.5. The molecular formula is C9H6Cl2F2O4. The molecule has 0 radical (unpaired) electrons. The molecule has 0 saturated heterocycles. The molecule has 1 aromatic carbocycles. The van der Waals surface area contributed by atoms with Crippen LogP contribution in [-0.4, -0.2) is 22.8 Å². The second-order valence-corrected chi connectivity index (χ2v) is 3.76. The lowest BCUT2D eigenvalue weighted by Gasteiger charge is -2.15. The van der Waals surface area contributed by atoms with Gasteiger partial charge in [-0.3, -0.25) is 0 Å². The van der Waals surface area contributed by atoms with Crippen molar-refractivity contribution in [2.24, 2.45) is 0 Å². The van der Waals surface area contributed by atoms with Gasteiger partial charge in [-0.05, 0) is 12.1 Å². The maximum absolute atomic E-state index is 12.1. The molecule has 17 heavy (non-hydrogen) atoms. The minimum Gasteiger partial charge on any atom is -0.479 e. The van der Waals surface area contributed by atoms with E-state index < -0.39 is 30.0 Å². The highest BCUT2D eigenvalue weighted by Gasteiger charge is 2.25. The Morgan fingerprint density at radius 2 is 1.94 bits per heavy atom. The van der Waals surface area contributed by atoms with Crippen LogP contribution in [0.3, 0.4) is 0 Å². The van der Waals surface area contributed by atoms with Crippen LogP contribution in [0, 0.1) is 0 Å². The summed E-state index contributed by atoms with van der Waals surface area (Å²) in [5.41, 5.74) is -0.469. The van der Waals surface area contributed by atoms with Crippen molar-refractivity contribution in [1.29, 1.82) is 0 Å². The fourth-order valence-electron chi connectivity index (χ4n) is 1.14. The molecule has 94 valence electrons. The first-order chi connectivity index (χ1) is 7.82. The van der Waals surface area contributed by atoms with Crippen LogP contribution in [0.2, 0.25) is 10.0 Å². The first-order valence-corrected chi connectivity index (χ1v) is 4.93. The molecule has 8 heteroatoms. The third kappa shape index (κ3) is 3.42. The summed E-state index contributed by atoms with van der Waals surface area (Å²) in [5.74, 6) is -2.22. The number of carboxylic acid groups (broad SMARTS) is 1. The van der Waals surface area contributed by atoms with E-state index >= 15 is 0 Å². The van der Waals surface area contributed by atoms with Crippen molar-refractivity contribution in [3.63, 3.8) is 0 Å². The molecule has 0 spiro atoms. The molecule has 0 heterocycles. The monoisotopic (exact) mass is 286 g/mol. The van der Waals surface area contributed by atoms with Crippen LogP contribution in [0.5, 0.6) is 5.75 Å². The van der Waals surface area contributed by atoms with E-state index in [0.29, 0.717) is 0 Å². The number of carbonyl (C=O) groups is 1. The zero-order valence-electron chi connectivity index (χ0n) is 8.03. The average Bonchev–Trinajstić information content (AvgIpc) is 2.14. The predicted octanol–water partition coefficient (Wildman–Crippen LogP) is 2.71. The van der Waals surface area contributed by atoms with Crippen molar-refractivity contribution in [3.05, 3.63) is 27.7 Å². The van der Waals surface area contributed by atoms with Gasteiger partial charge in [0.15, 0.2) is 6.10 Å². The molecule has 0 unspecified atom stereocenters. The van der Waals surface area contributed by atoms with E-state index in [1.807, 2.05) is 0 Å². The Bertz CT molecular complexity index is 439. The van der Waals surface area contributed by atoms with Crippen LogP contribution >= 0.6 is 23.2 Å². The van der Waals surface area contributed by atoms with E-state index in [2.05, 4.69) is 4.74 Å². The molecule has 1 aromatic rings. The summed E-state index contributed by atoms with van der Waals surface area (Å²) in [5, 5.41) is 17.6. The van der Waals surface area contributed by atoms with Crippen molar-refractivity contribution in [1.82, 2.24) is 0 Å². The summed E-state index contributed by atoms with van der Waals surface area (Å²) in [6.07, 6.45) is -2.08. The number of halogens is 4. The summed E-state index contributed by atoms with van der Waals surface area (Å²) in [4.78, 5) is 10.6. The van der Waals surface area contributed by atoms with Crippen LogP contribution in [-0.2, 0) is 4.79 Å².